The van der Waals surface area contributed by atoms with Gasteiger partial charge in [-0.1, -0.05) is 0 Å². The maximum absolute atomic E-state index is 11.7. The summed E-state index contributed by atoms with van der Waals surface area (Å²) in [5, 5.41) is 5.73. The molecule has 0 aliphatic carbocycles. The minimum atomic E-state index is -0.362. The highest BCUT2D eigenvalue weighted by molar-refractivity contribution is 5.93. The van der Waals surface area contributed by atoms with Crippen molar-refractivity contribution < 1.29 is 9.59 Å². The molecule has 0 saturated carbocycles. The predicted molar refractivity (Wildman–Crippen MR) is 74.0 cm³/mol. The minimum absolute atomic E-state index is 0.0311. The highest BCUT2D eigenvalue weighted by Crippen LogP contribution is 2.10. The van der Waals surface area contributed by atoms with Crippen LogP contribution in [0.5, 0.6) is 0 Å². The van der Waals surface area contributed by atoms with Gasteiger partial charge in [0.25, 0.3) is 5.91 Å². The number of hydrogen-bond donors (Lipinski definition) is 2. The Bertz CT molecular complexity index is 460. The molecule has 1 unspecified atom stereocenters. The van der Waals surface area contributed by atoms with Gasteiger partial charge in [-0.2, -0.15) is 0 Å². The van der Waals surface area contributed by atoms with Crippen molar-refractivity contribution in [2.24, 2.45) is 0 Å². The summed E-state index contributed by atoms with van der Waals surface area (Å²) in [4.78, 5) is 28.9. The molecule has 0 bridgehead atoms. The standard InChI is InChI=1S/C13H20N4O2/c1-5-14-12(18)11-8-10(6-7-15-11)16-9(2)13(19)17(3)4/h6-9H,5H2,1-4H3,(H,14,18)(H,15,16). The van der Waals surface area contributed by atoms with Crippen LogP contribution in [0.1, 0.15) is 24.3 Å². The number of nitrogens with one attached hydrogen (secondary N) is 2. The molecule has 6 heteroatoms. The zero-order valence-electron chi connectivity index (χ0n) is 11.7. The quantitative estimate of drug-likeness (QED) is 0.822. The van der Waals surface area contributed by atoms with Gasteiger partial charge in [0.1, 0.15) is 11.7 Å². The van der Waals surface area contributed by atoms with Gasteiger partial charge in [-0.05, 0) is 26.0 Å². The molecule has 0 saturated heterocycles. The first-order chi connectivity index (χ1) is 8.95. The molecule has 0 aromatic carbocycles. The fourth-order valence-electron chi connectivity index (χ4n) is 1.59. The van der Waals surface area contributed by atoms with Crippen LogP contribution >= 0.6 is 0 Å². The van der Waals surface area contributed by atoms with Crippen LogP contribution in [0.2, 0.25) is 0 Å². The second-order valence-corrected chi connectivity index (χ2v) is 4.39. The first-order valence-corrected chi connectivity index (χ1v) is 6.17. The molecule has 0 aliphatic rings. The van der Waals surface area contributed by atoms with Crippen molar-refractivity contribution in [2.45, 2.75) is 19.9 Å². The number of hydrogen-bond acceptors (Lipinski definition) is 4. The van der Waals surface area contributed by atoms with E-state index in [-0.39, 0.29) is 17.9 Å². The van der Waals surface area contributed by atoms with E-state index in [4.69, 9.17) is 0 Å². The molecule has 19 heavy (non-hydrogen) atoms. The van der Waals surface area contributed by atoms with Crippen LogP contribution in [0.4, 0.5) is 5.69 Å². The first-order valence-electron chi connectivity index (χ1n) is 6.17. The number of carbonyl (C=O) groups is 2. The fourth-order valence-corrected chi connectivity index (χ4v) is 1.59. The van der Waals surface area contributed by atoms with E-state index in [0.29, 0.717) is 17.9 Å². The lowest BCUT2D eigenvalue weighted by molar-refractivity contribution is -0.129. The summed E-state index contributed by atoms with van der Waals surface area (Å²) in [5.41, 5.74) is 1.02. The van der Waals surface area contributed by atoms with Crippen molar-refractivity contribution in [3.05, 3.63) is 24.0 Å². The van der Waals surface area contributed by atoms with Gasteiger partial charge in [0.05, 0.1) is 0 Å². The number of rotatable bonds is 5. The highest BCUT2D eigenvalue weighted by Gasteiger charge is 2.15. The van der Waals surface area contributed by atoms with E-state index in [0.717, 1.165) is 0 Å². The summed E-state index contributed by atoms with van der Waals surface area (Å²) in [7, 11) is 3.40. The number of pyridine rings is 1. The van der Waals surface area contributed by atoms with Crippen LogP contribution in [0.15, 0.2) is 18.3 Å². The Balaban J connectivity index is 2.77. The summed E-state index contributed by atoms with van der Waals surface area (Å²) in [5.74, 6) is -0.255. The molecule has 2 amide bonds. The van der Waals surface area contributed by atoms with E-state index in [1.165, 1.54) is 4.90 Å². The summed E-state index contributed by atoms with van der Waals surface area (Å²) in [6.45, 7) is 4.17. The number of aromatic nitrogens is 1. The molecule has 1 rings (SSSR count). The molecular weight excluding hydrogens is 244 g/mol. The van der Waals surface area contributed by atoms with Crippen molar-refractivity contribution in [1.29, 1.82) is 0 Å². The lowest BCUT2D eigenvalue weighted by Crippen LogP contribution is -2.36. The van der Waals surface area contributed by atoms with Crippen molar-refractivity contribution in [3.63, 3.8) is 0 Å². The Labute approximate surface area is 113 Å². The van der Waals surface area contributed by atoms with Gasteiger partial charge < -0.3 is 15.5 Å². The molecule has 0 aliphatic heterocycles. The molecule has 2 N–H and O–H groups in total. The Kier molecular flexibility index (Phi) is 5.29. The summed E-state index contributed by atoms with van der Waals surface area (Å²) < 4.78 is 0. The van der Waals surface area contributed by atoms with Crippen molar-refractivity contribution >= 4 is 17.5 Å². The van der Waals surface area contributed by atoms with Crippen molar-refractivity contribution in [2.75, 3.05) is 26.0 Å². The van der Waals surface area contributed by atoms with Crippen LogP contribution < -0.4 is 10.6 Å². The highest BCUT2D eigenvalue weighted by atomic mass is 16.2. The molecule has 1 atom stereocenters. The van der Waals surface area contributed by atoms with Gasteiger partial charge >= 0.3 is 0 Å². The van der Waals surface area contributed by atoms with Gasteiger partial charge in [0.15, 0.2) is 0 Å². The van der Waals surface area contributed by atoms with E-state index in [9.17, 15) is 9.59 Å². The molecule has 1 heterocycles. The molecule has 1 aromatic rings. The van der Waals surface area contributed by atoms with Crippen molar-refractivity contribution in [3.8, 4) is 0 Å². The third-order valence-corrected chi connectivity index (χ3v) is 2.52. The van der Waals surface area contributed by atoms with E-state index < -0.39 is 0 Å². The van der Waals surface area contributed by atoms with E-state index in [1.807, 2.05) is 6.92 Å². The van der Waals surface area contributed by atoms with Gasteiger partial charge in [-0.25, -0.2) is 0 Å². The van der Waals surface area contributed by atoms with Crippen LogP contribution in [0, 0.1) is 0 Å². The predicted octanol–water partition coefficient (Wildman–Crippen LogP) is 0.720. The summed E-state index contributed by atoms with van der Waals surface area (Å²) >= 11 is 0. The summed E-state index contributed by atoms with van der Waals surface area (Å²) in [6.07, 6.45) is 1.54. The lowest BCUT2D eigenvalue weighted by Gasteiger charge is -2.19. The molecule has 104 valence electrons. The molecular formula is C13H20N4O2. The SMILES string of the molecule is CCNC(=O)c1cc(NC(C)C(=O)N(C)C)ccn1. The number of anilines is 1. The number of carbonyl (C=O) groups excluding carboxylic acids is 2. The Morgan fingerprint density at radius 2 is 2.11 bits per heavy atom. The molecule has 6 nitrogen and oxygen atoms in total. The molecule has 0 fully saturated rings. The molecule has 0 radical (unpaired) electrons. The van der Waals surface area contributed by atoms with Crippen LogP contribution in [0.3, 0.4) is 0 Å². The molecule has 1 aromatic heterocycles. The lowest BCUT2D eigenvalue weighted by atomic mass is 10.2. The van der Waals surface area contributed by atoms with E-state index in [1.54, 1.807) is 39.3 Å². The van der Waals surface area contributed by atoms with Crippen molar-refractivity contribution in [1.82, 2.24) is 15.2 Å². The average molecular weight is 264 g/mol. The van der Waals surface area contributed by atoms with Gasteiger partial charge in [0, 0.05) is 32.5 Å². The van der Waals surface area contributed by atoms with Crippen LogP contribution in [0.25, 0.3) is 0 Å². The number of likely N-dealkylation sites (N-methyl/N-ethyl adjacent to an activating group) is 1. The van der Waals surface area contributed by atoms with E-state index >= 15 is 0 Å². The van der Waals surface area contributed by atoms with Gasteiger partial charge in [-0.15, -0.1) is 0 Å². The normalized spacial score (nSPS) is 11.6. The Hall–Kier alpha value is -2.11. The average Bonchev–Trinajstić information content (AvgIpc) is 2.38. The van der Waals surface area contributed by atoms with Gasteiger partial charge in [0.2, 0.25) is 5.91 Å². The monoisotopic (exact) mass is 264 g/mol. The summed E-state index contributed by atoms with van der Waals surface area (Å²) in [6, 6.07) is 2.99. The topological polar surface area (TPSA) is 74.3 Å². The smallest absolute Gasteiger partial charge is 0.269 e. The van der Waals surface area contributed by atoms with Gasteiger partial charge in [-0.3, -0.25) is 14.6 Å². The third-order valence-electron chi connectivity index (χ3n) is 2.52. The first kappa shape index (κ1) is 14.9. The maximum atomic E-state index is 11.7. The maximum Gasteiger partial charge on any atom is 0.269 e. The van der Waals surface area contributed by atoms with Crippen LogP contribution in [-0.2, 0) is 4.79 Å². The Morgan fingerprint density at radius 1 is 1.42 bits per heavy atom. The second-order valence-electron chi connectivity index (χ2n) is 4.39. The zero-order valence-corrected chi connectivity index (χ0v) is 11.7. The number of amides is 2. The Morgan fingerprint density at radius 3 is 2.68 bits per heavy atom. The zero-order chi connectivity index (χ0) is 14.4. The van der Waals surface area contributed by atoms with E-state index in [2.05, 4.69) is 15.6 Å². The second kappa shape index (κ2) is 6.72. The third kappa shape index (κ3) is 4.24. The minimum Gasteiger partial charge on any atom is -0.374 e. The number of nitrogens with zero attached hydrogens (tertiary/aromatic N) is 2. The largest absolute Gasteiger partial charge is 0.374 e. The molecule has 0 spiro atoms. The fraction of sp³-hybridized carbons (Fsp3) is 0.462. The van der Waals surface area contributed by atoms with Crippen LogP contribution in [-0.4, -0.2) is 48.4 Å².